The van der Waals surface area contributed by atoms with E-state index in [0.29, 0.717) is 5.82 Å². The van der Waals surface area contributed by atoms with Crippen molar-refractivity contribution >= 4 is 5.82 Å². The van der Waals surface area contributed by atoms with Crippen LogP contribution in [0.4, 0.5) is 5.82 Å². The summed E-state index contributed by atoms with van der Waals surface area (Å²) in [5, 5.41) is 14.7. The number of nitrogens with two attached hydrogens (primary N) is 1. The Labute approximate surface area is 75.2 Å². The second-order valence-corrected chi connectivity index (χ2v) is 2.22. The molecular formula is C8H10N4O. The highest BCUT2D eigenvalue weighted by atomic mass is 16.3. The molecule has 0 unspecified atom stereocenters. The number of aromatic hydroxyl groups is 1. The number of aromatic nitrogens is 3. The number of hydrogen-bond donors (Lipinski definition) is 3. The topological polar surface area (TPSA) is 87.8 Å². The summed E-state index contributed by atoms with van der Waals surface area (Å²) < 4.78 is 0. The van der Waals surface area contributed by atoms with Crippen LogP contribution in [0.15, 0.2) is 36.8 Å². The number of aromatic amines is 1. The van der Waals surface area contributed by atoms with Gasteiger partial charge in [-0.1, -0.05) is 0 Å². The molecule has 2 aromatic heterocycles. The molecule has 0 amide bonds. The second kappa shape index (κ2) is 4.76. The smallest absolute Gasteiger partial charge is 0.133 e. The SMILES string of the molecule is Nc1ccn[nH]1.Oc1cccnc1. The Balaban J connectivity index is 0.000000132. The van der Waals surface area contributed by atoms with Crippen LogP contribution in [0.5, 0.6) is 5.75 Å². The Hall–Kier alpha value is -2.04. The average Bonchev–Trinajstić information content (AvgIpc) is 2.58. The van der Waals surface area contributed by atoms with Gasteiger partial charge in [-0.2, -0.15) is 5.10 Å². The monoisotopic (exact) mass is 178 g/mol. The number of H-pyrrole nitrogens is 1. The van der Waals surface area contributed by atoms with Gasteiger partial charge in [0.25, 0.3) is 0 Å². The van der Waals surface area contributed by atoms with Crippen LogP contribution < -0.4 is 5.73 Å². The van der Waals surface area contributed by atoms with E-state index >= 15 is 0 Å². The van der Waals surface area contributed by atoms with E-state index in [9.17, 15) is 0 Å². The molecule has 0 atom stereocenters. The number of hydrogen-bond acceptors (Lipinski definition) is 4. The number of rotatable bonds is 0. The lowest BCUT2D eigenvalue weighted by Gasteiger charge is -1.81. The van der Waals surface area contributed by atoms with Gasteiger partial charge in [-0.05, 0) is 18.2 Å². The lowest BCUT2D eigenvalue weighted by molar-refractivity contribution is 0.472. The van der Waals surface area contributed by atoms with Crippen molar-refractivity contribution in [2.24, 2.45) is 0 Å². The summed E-state index contributed by atoms with van der Waals surface area (Å²) in [5.74, 6) is 0.817. The van der Waals surface area contributed by atoms with E-state index in [0.717, 1.165) is 0 Å². The highest BCUT2D eigenvalue weighted by Crippen LogP contribution is 1.99. The highest BCUT2D eigenvalue weighted by molar-refractivity contribution is 5.22. The van der Waals surface area contributed by atoms with Crippen molar-refractivity contribution in [3.63, 3.8) is 0 Å². The van der Waals surface area contributed by atoms with Crippen molar-refractivity contribution in [3.05, 3.63) is 36.8 Å². The van der Waals surface area contributed by atoms with Crippen LogP contribution in [0.1, 0.15) is 0 Å². The zero-order valence-corrected chi connectivity index (χ0v) is 6.88. The minimum Gasteiger partial charge on any atom is -0.506 e. The number of pyridine rings is 1. The largest absolute Gasteiger partial charge is 0.506 e. The number of anilines is 1. The molecule has 0 aliphatic heterocycles. The van der Waals surface area contributed by atoms with E-state index in [2.05, 4.69) is 15.2 Å². The van der Waals surface area contributed by atoms with Crippen molar-refractivity contribution in [2.45, 2.75) is 0 Å². The molecule has 2 heterocycles. The molecule has 0 saturated carbocycles. The summed E-state index contributed by atoms with van der Waals surface area (Å²) in [4.78, 5) is 3.63. The van der Waals surface area contributed by atoms with Gasteiger partial charge >= 0.3 is 0 Å². The maximum Gasteiger partial charge on any atom is 0.133 e. The summed E-state index contributed by atoms with van der Waals surface area (Å²) in [6.45, 7) is 0. The minimum absolute atomic E-state index is 0.211. The van der Waals surface area contributed by atoms with Crippen molar-refractivity contribution in [2.75, 3.05) is 5.73 Å². The van der Waals surface area contributed by atoms with Crippen LogP contribution in [0.25, 0.3) is 0 Å². The van der Waals surface area contributed by atoms with Crippen LogP contribution >= 0.6 is 0 Å². The lowest BCUT2D eigenvalue weighted by atomic mass is 10.5. The first kappa shape index (κ1) is 9.05. The fourth-order valence-corrected chi connectivity index (χ4v) is 0.620. The quantitative estimate of drug-likeness (QED) is 0.556. The molecule has 2 aromatic rings. The Morgan fingerprint density at radius 3 is 2.38 bits per heavy atom. The van der Waals surface area contributed by atoms with Crippen LogP contribution in [-0.4, -0.2) is 20.3 Å². The highest BCUT2D eigenvalue weighted by Gasteiger charge is 1.76. The second-order valence-electron chi connectivity index (χ2n) is 2.22. The van der Waals surface area contributed by atoms with Gasteiger partial charge in [0.15, 0.2) is 0 Å². The Morgan fingerprint density at radius 2 is 2.15 bits per heavy atom. The molecule has 5 heteroatoms. The van der Waals surface area contributed by atoms with Gasteiger partial charge in [-0.15, -0.1) is 0 Å². The molecule has 0 spiro atoms. The van der Waals surface area contributed by atoms with Gasteiger partial charge in [-0.25, -0.2) is 0 Å². The summed E-state index contributed by atoms with van der Waals surface area (Å²) in [5.41, 5.74) is 5.16. The predicted octanol–water partition coefficient (Wildman–Crippen LogP) is 0.779. The molecule has 2 rings (SSSR count). The zero-order chi connectivity index (χ0) is 9.52. The molecule has 0 bridgehead atoms. The lowest BCUT2D eigenvalue weighted by Crippen LogP contribution is -1.81. The molecule has 0 saturated heterocycles. The molecule has 0 aromatic carbocycles. The van der Waals surface area contributed by atoms with Gasteiger partial charge in [0.05, 0.1) is 12.4 Å². The van der Waals surface area contributed by atoms with Crippen molar-refractivity contribution in [1.29, 1.82) is 0 Å². The van der Waals surface area contributed by atoms with E-state index in [1.807, 2.05) is 0 Å². The zero-order valence-electron chi connectivity index (χ0n) is 6.88. The van der Waals surface area contributed by atoms with Crippen LogP contribution in [0.2, 0.25) is 0 Å². The molecule has 0 radical (unpaired) electrons. The van der Waals surface area contributed by atoms with Crippen molar-refractivity contribution in [3.8, 4) is 5.75 Å². The maximum atomic E-state index is 8.57. The van der Waals surface area contributed by atoms with Crippen LogP contribution in [-0.2, 0) is 0 Å². The average molecular weight is 178 g/mol. The Kier molecular flexibility index (Phi) is 3.31. The molecule has 4 N–H and O–H groups in total. The molecule has 0 fully saturated rings. The maximum absolute atomic E-state index is 8.57. The molecule has 5 nitrogen and oxygen atoms in total. The predicted molar refractivity (Wildman–Crippen MR) is 48.9 cm³/mol. The first-order valence-corrected chi connectivity index (χ1v) is 3.63. The third-order valence-electron chi connectivity index (χ3n) is 1.17. The van der Waals surface area contributed by atoms with Crippen LogP contribution in [0.3, 0.4) is 0 Å². The summed E-state index contributed by atoms with van der Waals surface area (Å²) in [6, 6.07) is 4.95. The van der Waals surface area contributed by atoms with Gasteiger partial charge in [-0.3, -0.25) is 10.1 Å². The van der Waals surface area contributed by atoms with Gasteiger partial charge < -0.3 is 10.8 Å². The molecule has 0 aliphatic rings. The fraction of sp³-hybridized carbons (Fsp3) is 0. The number of nitrogens with one attached hydrogen (secondary N) is 1. The minimum atomic E-state index is 0.211. The first-order valence-electron chi connectivity index (χ1n) is 3.63. The van der Waals surface area contributed by atoms with E-state index < -0.39 is 0 Å². The standard InChI is InChI=1S/C5H5NO.C3H5N3/c7-5-2-1-3-6-4-5;4-3-1-2-5-6-3/h1-4,7H;1-2H,(H3,4,5,6). The fourth-order valence-electron chi connectivity index (χ4n) is 0.620. The summed E-state index contributed by atoms with van der Waals surface area (Å²) >= 11 is 0. The number of nitrogen functional groups attached to an aromatic ring is 1. The third-order valence-corrected chi connectivity index (χ3v) is 1.17. The molecular weight excluding hydrogens is 168 g/mol. The summed E-state index contributed by atoms with van der Waals surface area (Å²) in [6.07, 6.45) is 4.61. The normalized spacial score (nSPS) is 8.62. The third kappa shape index (κ3) is 3.76. The van der Waals surface area contributed by atoms with Gasteiger partial charge in [0, 0.05) is 6.20 Å². The van der Waals surface area contributed by atoms with Gasteiger partial charge in [0.1, 0.15) is 11.6 Å². The van der Waals surface area contributed by atoms with E-state index in [4.69, 9.17) is 10.8 Å². The number of nitrogens with zero attached hydrogens (tertiary/aromatic N) is 2. The van der Waals surface area contributed by atoms with Crippen molar-refractivity contribution < 1.29 is 5.11 Å². The van der Waals surface area contributed by atoms with Crippen LogP contribution in [0, 0.1) is 0 Å². The first-order chi connectivity index (χ1) is 6.29. The van der Waals surface area contributed by atoms with E-state index in [-0.39, 0.29) is 5.75 Å². The van der Waals surface area contributed by atoms with Gasteiger partial charge in [0.2, 0.25) is 0 Å². The van der Waals surface area contributed by atoms with Crippen molar-refractivity contribution in [1.82, 2.24) is 15.2 Å². The molecule has 13 heavy (non-hydrogen) atoms. The van der Waals surface area contributed by atoms with E-state index in [1.165, 1.54) is 6.20 Å². The summed E-state index contributed by atoms with van der Waals surface area (Å²) in [7, 11) is 0. The Bertz CT molecular complexity index is 319. The van der Waals surface area contributed by atoms with E-state index in [1.54, 1.807) is 30.6 Å². The molecule has 68 valence electrons. The molecule has 0 aliphatic carbocycles. The Morgan fingerprint density at radius 1 is 1.31 bits per heavy atom.